The van der Waals surface area contributed by atoms with Gasteiger partial charge in [-0.15, -0.1) is 0 Å². The Kier molecular flexibility index (Phi) is 5.95. The van der Waals surface area contributed by atoms with Crippen LogP contribution in [0.15, 0.2) is 18.2 Å². The molecular formula is C13H19ClN2O2. The molecule has 1 aromatic carbocycles. The number of hydrogen-bond acceptors (Lipinski definition) is 3. The maximum Gasteiger partial charge on any atom is 0.252 e. The Hall–Kier alpha value is -1.26. The van der Waals surface area contributed by atoms with Crippen molar-refractivity contribution in [3.05, 3.63) is 28.8 Å². The van der Waals surface area contributed by atoms with E-state index < -0.39 is 0 Å². The fourth-order valence-corrected chi connectivity index (χ4v) is 1.74. The Balaban J connectivity index is 2.39. The monoisotopic (exact) mass is 270 g/mol. The summed E-state index contributed by atoms with van der Waals surface area (Å²) in [6.45, 7) is 1.61. The zero-order valence-corrected chi connectivity index (χ0v) is 11.5. The van der Waals surface area contributed by atoms with Gasteiger partial charge in [-0.25, -0.2) is 0 Å². The van der Waals surface area contributed by atoms with Crippen LogP contribution in [-0.2, 0) is 0 Å². The highest BCUT2D eigenvalue weighted by Crippen LogP contribution is 2.20. The Morgan fingerprint density at radius 1 is 1.39 bits per heavy atom. The van der Waals surface area contributed by atoms with Crippen molar-refractivity contribution in [2.75, 3.05) is 27.2 Å². The minimum atomic E-state index is -0.249. The molecule has 0 aromatic heterocycles. The van der Waals surface area contributed by atoms with Gasteiger partial charge in [0.15, 0.2) is 0 Å². The SMILES string of the molecule is CN(C)CCCCNC(=O)c1cc(O)ccc1Cl. The van der Waals surface area contributed by atoms with Crippen molar-refractivity contribution in [3.63, 3.8) is 0 Å². The molecule has 0 atom stereocenters. The van der Waals surface area contributed by atoms with Gasteiger partial charge in [0, 0.05) is 6.54 Å². The van der Waals surface area contributed by atoms with Gasteiger partial charge >= 0.3 is 0 Å². The molecule has 0 aliphatic carbocycles. The second-order valence-electron chi connectivity index (χ2n) is 4.43. The first-order valence-corrected chi connectivity index (χ1v) is 6.30. The van der Waals surface area contributed by atoms with Crippen molar-refractivity contribution in [1.82, 2.24) is 10.2 Å². The van der Waals surface area contributed by atoms with E-state index >= 15 is 0 Å². The molecule has 0 saturated carbocycles. The third-order valence-electron chi connectivity index (χ3n) is 2.51. The third-order valence-corrected chi connectivity index (χ3v) is 2.84. The molecule has 0 radical (unpaired) electrons. The minimum absolute atomic E-state index is 0.0390. The van der Waals surface area contributed by atoms with Crippen molar-refractivity contribution < 1.29 is 9.90 Å². The summed E-state index contributed by atoms with van der Waals surface area (Å²) in [7, 11) is 4.04. The number of amides is 1. The lowest BCUT2D eigenvalue weighted by Gasteiger charge is -2.10. The number of nitrogens with one attached hydrogen (secondary N) is 1. The molecule has 0 unspecified atom stereocenters. The first kappa shape index (κ1) is 14.8. The fraction of sp³-hybridized carbons (Fsp3) is 0.462. The minimum Gasteiger partial charge on any atom is -0.508 e. The van der Waals surface area contributed by atoms with E-state index in [1.54, 1.807) is 0 Å². The predicted octanol–water partition coefficient (Wildman–Crippen LogP) is 2.12. The molecule has 0 aliphatic heterocycles. The maximum absolute atomic E-state index is 11.8. The van der Waals surface area contributed by atoms with E-state index in [9.17, 15) is 9.90 Å². The van der Waals surface area contributed by atoms with Gasteiger partial charge < -0.3 is 15.3 Å². The van der Waals surface area contributed by atoms with Crippen LogP contribution in [0.5, 0.6) is 5.75 Å². The van der Waals surface area contributed by atoms with Gasteiger partial charge in [-0.3, -0.25) is 4.79 Å². The Morgan fingerprint density at radius 3 is 2.78 bits per heavy atom. The molecule has 1 aromatic rings. The smallest absolute Gasteiger partial charge is 0.252 e. The average molecular weight is 271 g/mol. The fourth-order valence-electron chi connectivity index (χ4n) is 1.54. The van der Waals surface area contributed by atoms with E-state index in [1.807, 2.05) is 14.1 Å². The molecule has 5 heteroatoms. The number of halogens is 1. The summed E-state index contributed by atoms with van der Waals surface area (Å²) in [6, 6.07) is 4.34. The van der Waals surface area contributed by atoms with Crippen LogP contribution >= 0.6 is 11.6 Å². The molecule has 0 saturated heterocycles. The van der Waals surface area contributed by atoms with Crippen LogP contribution in [0.4, 0.5) is 0 Å². The van der Waals surface area contributed by atoms with Crippen LogP contribution < -0.4 is 5.32 Å². The quantitative estimate of drug-likeness (QED) is 0.779. The highest BCUT2D eigenvalue weighted by Gasteiger charge is 2.10. The van der Waals surface area contributed by atoms with Crippen molar-refractivity contribution in [2.24, 2.45) is 0 Å². The molecular weight excluding hydrogens is 252 g/mol. The summed E-state index contributed by atoms with van der Waals surface area (Å²) in [6.07, 6.45) is 1.95. The van der Waals surface area contributed by atoms with Gasteiger partial charge in [0.1, 0.15) is 5.75 Å². The van der Waals surface area contributed by atoms with Gasteiger partial charge in [-0.2, -0.15) is 0 Å². The number of carbonyl (C=O) groups is 1. The largest absolute Gasteiger partial charge is 0.508 e. The van der Waals surface area contributed by atoms with Gasteiger partial charge in [0.25, 0.3) is 5.91 Å². The number of rotatable bonds is 6. The molecule has 4 nitrogen and oxygen atoms in total. The molecule has 100 valence electrons. The van der Waals surface area contributed by atoms with E-state index in [0.717, 1.165) is 19.4 Å². The molecule has 0 spiro atoms. The molecule has 1 rings (SSSR count). The van der Waals surface area contributed by atoms with E-state index in [1.165, 1.54) is 18.2 Å². The zero-order valence-electron chi connectivity index (χ0n) is 10.7. The first-order valence-electron chi connectivity index (χ1n) is 5.92. The summed E-state index contributed by atoms with van der Waals surface area (Å²) in [4.78, 5) is 13.9. The Labute approximate surface area is 113 Å². The van der Waals surface area contributed by atoms with Crippen LogP contribution in [0.25, 0.3) is 0 Å². The molecule has 2 N–H and O–H groups in total. The van der Waals surface area contributed by atoms with E-state index in [-0.39, 0.29) is 11.7 Å². The summed E-state index contributed by atoms with van der Waals surface area (Å²) in [5.41, 5.74) is 0.310. The zero-order chi connectivity index (χ0) is 13.5. The van der Waals surface area contributed by atoms with Crippen LogP contribution in [-0.4, -0.2) is 43.1 Å². The number of nitrogens with zero attached hydrogens (tertiary/aromatic N) is 1. The molecule has 18 heavy (non-hydrogen) atoms. The molecule has 0 bridgehead atoms. The standard InChI is InChI=1S/C13H19ClN2O2/c1-16(2)8-4-3-7-15-13(18)11-9-10(17)5-6-12(11)14/h5-6,9,17H,3-4,7-8H2,1-2H3,(H,15,18). The number of hydrogen-bond donors (Lipinski definition) is 2. The van der Waals surface area contributed by atoms with E-state index in [4.69, 9.17) is 11.6 Å². The number of unbranched alkanes of at least 4 members (excludes halogenated alkanes) is 1. The van der Waals surface area contributed by atoms with Gasteiger partial charge in [-0.1, -0.05) is 11.6 Å². The van der Waals surface area contributed by atoms with Crippen molar-refractivity contribution in [3.8, 4) is 5.75 Å². The number of phenolic OH excluding ortho intramolecular Hbond substituents is 1. The van der Waals surface area contributed by atoms with Gasteiger partial charge in [-0.05, 0) is 51.7 Å². The van der Waals surface area contributed by atoms with Crippen molar-refractivity contribution >= 4 is 17.5 Å². The molecule has 0 fully saturated rings. The lowest BCUT2D eigenvalue weighted by Crippen LogP contribution is -2.25. The summed E-state index contributed by atoms with van der Waals surface area (Å²) < 4.78 is 0. The lowest BCUT2D eigenvalue weighted by atomic mass is 10.2. The number of phenols is 1. The summed E-state index contributed by atoms with van der Waals surface area (Å²) in [5, 5.41) is 12.4. The van der Waals surface area contributed by atoms with Gasteiger partial charge in [0.05, 0.1) is 10.6 Å². The van der Waals surface area contributed by atoms with Crippen molar-refractivity contribution in [2.45, 2.75) is 12.8 Å². The lowest BCUT2D eigenvalue weighted by molar-refractivity contribution is 0.0952. The topological polar surface area (TPSA) is 52.6 Å². The first-order chi connectivity index (χ1) is 8.50. The normalized spacial score (nSPS) is 10.7. The van der Waals surface area contributed by atoms with E-state index in [2.05, 4.69) is 10.2 Å². The van der Waals surface area contributed by atoms with Crippen LogP contribution in [0.2, 0.25) is 5.02 Å². The van der Waals surface area contributed by atoms with Crippen LogP contribution in [0, 0.1) is 0 Å². The van der Waals surface area contributed by atoms with E-state index in [0.29, 0.717) is 17.1 Å². The molecule has 1 amide bonds. The van der Waals surface area contributed by atoms with Crippen LogP contribution in [0.1, 0.15) is 23.2 Å². The second-order valence-corrected chi connectivity index (χ2v) is 4.84. The van der Waals surface area contributed by atoms with Crippen LogP contribution in [0.3, 0.4) is 0 Å². The maximum atomic E-state index is 11.8. The second kappa shape index (κ2) is 7.24. The third kappa shape index (κ3) is 4.94. The summed E-state index contributed by atoms with van der Waals surface area (Å²) in [5.74, 6) is -0.210. The number of aromatic hydroxyl groups is 1. The summed E-state index contributed by atoms with van der Waals surface area (Å²) >= 11 is 5.89. The molecule has 0 heterocycles. The Bertz CT molecular complexity index is 408. The molecule has 0 aliphatic rings. The highest BCUT2D eigenvalue weighted by molar-refractivity contribution is 6.33. The number of carbonyl (C=O) groups excluding carboxylic acids is 1. The van der Waals surface area contributed by atoms with Gasteiger partial charge in [0.2, 0.25) is 0 Å². The predicted molar refractivity (Wildman–Crippen MR) is 73.2 cm³/mol. The number of benzene rings is 1. The highest BCUT2D eigenvalue weighted by atomic mass is 35.5. The Morgan fingerprint density at radius 2 is 2.11 bits per heavy atom. The average Bonchev–Trinajstić information content (AvgIpc) is 2.31. The van der Waals surface area contributed by atoms with Crippen molar-refractivity contribution in [1.29, 1.82) is 0 Å².